The highest BCUT2D eigenvalue weighted by atomic mass is 19.3. The lowest BCUT2D eigenvalue weighted by Gasteiger charge is -2.13. The molecule has 3 N–H and O–H groups in total. The van der Waals surface area contributed by atoms with Crippen molar-refractivity contribution in [1.29, 1.82) is 0 Å². The van der Waals surface area contributed by atoms with Gasteiger partial charge in [0.15, 0.2) is 0 Å². The Hall–Kier alpha value is -1.73. The average molecular weight is 261 g/mol. The lowest BCUT2D eigenvalue weighted by atomic mass is 10.2. The third-order valence-corrected chi connectivity index (χ3v) is 2.12. The van der Waals surface area contributed by atoms with Gasteiger partial charge in [0, 0.05) is 5.56 Å². The van der Waals surface area contributed by atoms with Gasteiger partial charge >= 0.3 is 6.61 Å². The Balaban J connectivity index is 2.64. The van der Waals surface area contributed by atoms with Gasteiger partial charge in [0.25, 0.3) is 5.91 Å². The Morgan fingerprint density at radius 2 is 1.78 bits per heavy atom. The van der Waals surface area contributed by atoms with Gasteiger partial charge in [0.2, 0.25) is 0 Å². The zero-order valence-corrected chi connectivity index (χ0v) is 9.35. The summed E-state index contributed by atoms with van der Waals surface area (Å²) in [7, 11) is 0. The van der Waals surface area contributed by atoms with Crippen molar-refractivity contribution in [3.8, 4) is 5.75 Å². The second kappa shape index (κ2) is 6.87. The van der Waals surface area contributed by atoms with Crippen LogP contribution < -0.4 is 10.1 Å². The van der Waals surface area contributed by atoms with Gasteiger partial charge in [0.05, 0.1) is 19.3 Å². The van der Waals surface area contributed by atoms with Crippen LogP contribution in [-0.4, -0.2) is 42.0 Å². The van der Waals surface area contributed by atoms with Gasteiger partial charge in [-0.3, -0.25) is 4.79 Å². The maximum Gasteiger partial charge on any atom is 0.387 e. The molecule has 0 atom stereocenters. The molecule has 0 heterocycles. The van der Waals surface area contributed by atoms with Crippen LogP contribution in [0.5, 0.6) is 5.75 Å². The number of aliphatic hydroxyl groups is 2. The maximum atomic E-state index is 11.9. The molecule has 18 heavy (non-hydrogen) atoms. The molecule has 1 amide bonds. The van der Waals surface area contributed by atoms with Crippen LogP contribution in [0.1, 0.15) is 10.4 Å². The molecule has 1 aromatic rings. The van der Waals surface area contributed by atoms with Crippen molar-refractivity contribution in [2.45, 2.75) is 12.7 Å². The van der Waals surface area contributed by atoms with E-state index in [-0.39, 0.29) is 11.3 Å². The summed E-state index contributed by atoms with van der Waals surface area (Å²) in [6.07, 6.45) is 0. The third-order valence-electron chi connectivity index (χ3n) is 2.12. The highest BCUT2D eigenvalue weighted by Gasteiger charge is 2.12. The summed E-state index contributed by atoms with van der Waals surface area (Å²) >= 11 is 0. The molecular formula is C11H13F2NO4. The molecule has 0 aliphatic heterocycles. The van der Waals surface area contributed by atoms with E-state index in [1.807, 2.05) is 0 Å². The summed E-state index contributed by atoms with van der Waals surface area (Å²) in [5, 5.41) is 19.9. The van der Waals surface area contributed by atoms with Crippen LogP contribution in [-0.2, 0) is 0 Å². The monoisotopic (exact) mass is 261 g/mol. The molecule has 0 aromatic heterocycles. The fraction of sp³-hybridized carbons (Fsp3) is 0.364. The lowest BCUT2D eigenvalue weighted by molar-refractivity contribution is -0.0498. The van der Waals surface area contributed by atoms with Gasteiger partial charge in [0.1, 0.15) is 5.75 Å². The smallest absolute Gasteiger partial charge is 0.387 e. The van der Waals surface area contributed by atoms with E-state index >= 15 is 0 Å². The Morgan fingerprint density at radius 3 is 2.22 bits per heavy atom. The minimum Gasteiger partial charge on any atom is -0.435 e. The summed E-state index contributed by atoms with van der Waals surface area (Å²) in [5.74, 6) is -0.575. The average Bonchev–Trinajstić information content (AvgIpc) is 2.35. The molecule has 0 saturated carbocycles. The fourth-order valence-electron chi connectivity index (χ4n) is 1.21. The van der Waals surface area contributed by atoms with Crippen LogP contribution in [0.3, 0.4) is 0 Å². The SMILES string of the molecule is O=C(NC(CO)CO)c1ccc(OC(F)F)cc1. The Morgan fingerprint density at radius 1 is 1.22 bits per heavy atom. The van der Waals surface area contributed by atoms with E-state index in [0.717, 1.165) is 0 Å². The summed E-state index contributed by atoms with van der Waals surface area (Å²) in [4.78, 5) is 11.6. The van der Waals surface area contributed by atoms with Crippen molar-refractivity contribution in [2.75, 3.05) is 13.2 Å². The minimum atomic E-state index is -2.92. The zero-order valence-electron chi connectivity index (χ0n) is 9.35. The van der Waals surface area contributed by atoms with E-state index < -0.39 is 31.8 Å². The number of aliphatic hydroxyl groups excluding tert-OH is 2. The third kappa shape index (κ3) is 4.27. The highest BCUT2D eigenvalue weighted by Crippen LogP contribution is 2.14. The summed E-state index contributed by atoms with van der Waals surface area (Å²) < 4.78 is 27.9. The molecule has 1 rings (SSSR count). The number of halogens is 2. The topological polar surface area (TPSA) is 78.8 Å². The van der Waals surface area contributed by atoms with Gasteiger partial charge in [-0.15, -0.1) is 0 Å². The molecule has 0 fully saturated rings. The largest absolute Gasteiger partial charge is 0.435 e. The minimum absolute atomic E-state index is 0.0533. The molecule has 0 aliphatic rings. The first-order chi connectivity index (χ1) is 8.56. The number of carbonyl (C=O) groups is 1. The zero-order chi connectivity index (χ0) is 13.5. The number of hydrogen-bond donors (Lipinski definition) is 3. The van der Waals surface area contributed by atoms with E-state index in [0.29, 0.717) is 0 Å². The second-order valence-corrected chi connectivity index (χ2v) is 3.44. The van der Waals surface area contributed by atoms with Crippen molar-refractivity contribution in [3.63, 3.8) is 0 Å². The number of alkyl halides is 2. The molecule has 1 aromatic carbocycles. The quantitative estimate of drug-likeness (QED) is 0.691. The highest BCUT2D eigenvalue weighted by molar-refractivity contribution is 5.94. The first-order valence-electron chi connectivity index (χ1n) is 5.14. The van der Waals surface area contributed by atoms with Crippen LogP contribution in [0.2, 0.25) is 0 Å². The first kappa shape index (κ1) is 14.3. The lowest BCUT2D eigenvalue weighted by Crippen LogP contribution is -2.40. The van der Waals surface area contributed by atoms with E-state index in [2.05, 4.69) is 10.1 Å². The number of hydrogen-bond acceptors (Lipinski definition) is 4. The Labute approximate surface area is 102 Å². The molecule has 7 heteroatoms. The molecular weight excluding hydrogens is 248 g/mol. The van der Waals surface area contributed by atoms with E-state index in [4.69, 9.17) is 10.2 Å². The van der Waals surface area contributed by atoms with E-state index in [9.17, 15) is 13.6 Å². The second-order valence-electron chi connectivity index (χ2n) is 3.44. The summed E-state index contributed by atoms with van der Waals surface area (Å²) in [6, 6.07) is 4.31. The maximum absolute atomic E-state index is 11.9. The molecule has 100 valence electrons. The van der Waals surface area contributed by atoms with Crippen LogP contribution in [0, 0.1) is 0 Å². The Kier molecular flexibility index (Phi) is 5.47. The van der Waals surface area contributed by atoms with Gasteiger partial charge in [-0.05, 0) is 24.3 Å². The fourth-order valence-corrected chi connectivity index (χ4v) is 1.21. The van der Waals surface area contributed by atoms with Crippen LogP contribution >= 0.6 is 0 Å². The summed E-state index contributed by atoms with van der Waals surface area (Å²) in [5.41, 5.74) is 0.212. The number of benzene rings is 1. The molecule has 0 unspecified atom stereocenters. The predicted octanol–water partition coefficient (Wildman–Crippen LogP) is 0.371. The molecule has 0 radical (unpaired) electrons. The predicted molar refractivity (Wildman–Crippen MR) is 58.5 cm³/mol. The van der Waals surface area contributed by atoms with Crippen molar-refractivity contribution >= 4 is 5.91 Å². The van der Waals surface area contributed by atoms with Gasteiger partial charge < -0.3 is 20.3 Å². The number of nitrogens with one attached hydrogen (secondary N) is 1. The number of ether oxygens (including phenoxy) is 1. The molecule has 0 bridgehead atoms. The van der Waals surface area contributed by atoms with Gasteiger partial charge in [-0.1, -0.05) is 0 Å². The van der Waals surface area contributed by atoms with E-state index in [1.165, 1.54) is 24.3 Å². The van der Waals surface area contributed by atoms with Crippen LogP contribution in [0.15, 0.2) is 24.3 Å². The normalized spacial score (nSPS) is 10.8. The van der Waals surface area contributed by atoms with E-state index in [1.54, 1.807) is 0 Å². The van der Waals surface area contributed by atoms with Crippen LogP contribution in [0.25, 0.3) is 0 Å². The van der Waals surface area contributed by atoms with Crippen LogP contribution in [0.4, 0.5) is 8.78 Å². The molecule has 0 aliphatic carbocycles. The number of rotatable bonds is 6. The molecule has 0 saturated heterocycles. The number of carbonyl (C=O) groups excluding carboxylic acids is 1. The molecule has 0 spiro atoms. The van der Waals surface area contributed by atoms with Gasteiger partial charge in [-0.25, -0.2) is 0 Å². The Bertz CT molecular complexity index is 379. The first-order valence-corrected chi connectivity index (χ1v) is 5.14. The van der Waals surface area contributed by atoms with Gasteiger partial charge in [-0.2, -0.15) is 8.78 Å². The van der Waals surface area contributed by atoms with Crippen molar-refractivity contribution in [2.24, 2.45) is 0 Å². The van der Waals surface area contributed by atoms with Crippen molar-refractivity contribution < 1.29 is 28.5 Å². The van der Waals surface area contributed by atoms with Crippen molar-refractivity contribution in [3.05, 3.63) is 29.8 Å². The van der Waals surface area contributed by atoms with Crippen molar-refractivity contribution in [1.82, 2.24) is 5.32 Å². The summed E-state index contributed by atoms with van der Waals surface area (Å²) in [6.45, 7) is -3.71. The number of amides is 1. The standard InChI is InChI=1S/C11H13F2NO4/c12-11(13)18-9-3-1-7(2-4-9)10(17)14-8(5-15)6-16/h1-4,8,11,15-16H,5-6H2,(H,14,17). The molecule has 5 nitrogen and oxygen atoms in total.